The maximum Gasteiger partial charge on any atom is 0.315 e. The average molecular weight is 625 g/mol. The molecule has 0 unspecified atom stereocenters. The highest BCUT2D eigenvalue weighted by atomic mass is 19.1. The normalized spacial score (nSPS) is 11.4. The number of methoxy groups -OCH3 is 1. The Hall–Kier alpha value is -5.58. The minimum Gasteiger partial charge on any atom is -0.496 e. The van der Waals surface area contributed by atoms with E-state index in [9.17, 15) is 19.3 Å². The van der Waals surface area contributed by atoms with Crippen LogP contribution in [-0.4, -0.2) is 34.5 Å². The second-order valence-electron chi connectivity index (χ2n) is 10.8. The van der Waals surface area contributed by atoms with Crippen LogP contribution in [0.5, 0.6) is 17.2 Å². The fourth-order valence-corrected chi connectivity index (χ4v) is 5.09. The minimum atomic E-state index is -0.611. The molecule has 0 aliphatic rings. The zero-order chi connectivity index (χ0) is 33.0. The van der Waals surface area contributed by atoms with E-state index >= 15 is 0 Å². The second kappa shape index (κ2) is 13.6. The monoisotopic (exact) mass is 624 g/mol. The third-order valence-corrected chi connectivity index (χ3v) is 7.40. The predicted molar refractivity (Wildman–Crippen MR) is 175 cm³/mol. The largest absolute Gasteiger partial charge is 0.496 e. The highest BCUT2D eigenvalue weighted by Crippen LogP contribution is 2.39. The fraction of sp³-hybridized carbons (Fsp3) is 0.229. The number of halogens is 1. The van der Waals surface area contributed by atoms with Gasteiger partial charge in [0, 0.05) is 22.8 Å². The number of para-hydroxylation sites is 1. The van der Waals surface area contributed by atoms with Gasteiger partial charge in [0.2, 0.25) is 5.75 Å². The number of rotatable bonds is 11. The number of fused-ring (bicyclic) bond motifs is 1. The smallest absolute Gasteiger partial charge is 0.315 e. The van der Waals surface area contributed by atoms with Crippen molar-refractivity contribution in [1.82, 2.24) is 9.66 Å². The Bertz CT molecular complexity index is 2020. The van der Waals surface area contributed by atoms with Crippen molar-refractivity contribution in [2.75, 3.05) is 13.7 Å². The topological polar surface area (TPSA) is 118 Å². The van der Waals surface area contributed by atoms with Crippen molar-refractivity contribution in [2.45, 2.75) is 40.2 Å². The lowest BCUT2D eigenvalue weighted by Gasteiger charge is -2.17. The molecule has 1 heterocycles. The number of nitro groups is 1. The molecular formula is C35H33FN4O6. The summed E-state index contributed by atoms with van der Waals surface area (Å²) >= 11 is 0. The van der Waals surface area contributed by atoms with E-state index in [0.717, 1.165) is 16.9 Å². The van der Waals surface area contributed by atoms with Crippen LogP contribution in [0.4, 0.5) is 10.1 Å². The van der Waals surface area contributed by atoms with Crippen LogP contribution in [-0.2, 0) is 6.61 Å². The summed E-state index contributed by atoms with van der Waals surface area (Å²) in [6, 6.07) is 19.6. The first-order valence-electron chi connectivity index (χ1n) is 14.7. The third kappa shape index (κ3) is 6.44. The van der Waals surface area contributed by atoms with Crippen LogP contribution in [0.2, 0.25) is 0 Å². The number of aryl methyl sites for hydroxylation is 1. The molecule has 0 N–H and O–H groups in total. The SMILES string of the molecule is CCOc1cc(C=Nn2c(-c3cc(C(C)C)c(OC)cc3C)nc3ccccc3c2=O)cc([N+](=O)[O-])c1OCc1ccccc1F. The molecule has 0 aliphatic carbocycles. The van der Waals surface area contributed by atoms with Gasteiger partial charge >= 0.3 is 5.69 Å². The molecule has 5 rings (SSSR count). The van der Waals surface area contributed by atoms with Crippen molar-refractivity contribution in [2.24, 2.45) is 5.10 Å². The number of hydrogen-bond donors (Lipinski definition) is 0. The van der Waals surface area contributed by atoms with Gasteiger partial charge in [0.1, 0.15) is 18.2 Å². The molecule has 10 nitrogen and oxygen atoms in total. The first kappa shape index (κ1) is 31.8. The quantitative estimate of drug-likeness (QED) is 0.0853. The molecule has 46 heavy (non-hydrogen) atoms. The average Bonchev–Trinajstić information content (AvgIpc) is 3.04. The number of hydrogen-bond acceptors (Lipinski definition) is 8. The van der Waals surface area contributed by atoms with Crippen molar-refractivity contribution in [3.8, 4) is 28.6 Å². The molecule has 0 radical (unpaired) electrons. The van der Waals surface area contributed by atoms with E-state index in [1.165, 1.54) is 35.2 Å². The highest BCUT2D eigenvalue weighted by Gasteiger charge is 2.24. The molecule has 5 aromatic rings. The maximum atomic E-state index is 14.2. The minimum absolute atomic E-state index is 0.0753. The zero-order valence-corrected chi connectivity index (χ0v) is 26.1. The Kier molecular flexibility index (Phi) is 9.41. The molecule has 0 spiro atoms. The standard InChI is InChI=1S/C35H33FN4O6/c1-6-45-32-17-23(16-30(40(42)43)33(32)46-20-24-11-7-9-13-28(24)36)19-37-39-34(38-29-14-10-8-12-25(29)35(39)41)27-18-26(21(2)3)31(44-5)15-22(27)4/h7-19,21H,6,20H2,1-5H3. The number of aromatic nitrogens is 2. The molecule has 0 atom stereocenters. The van der Waals surface area contributed by atoms with Crippen molar-refractivity contribution in [1.29, 1.82) is 0 Å². The molecule has 0 aliphatic heterocycles. The molecule has 0 saturated heterocycles. The lowest BCUT2D eigenvalue weighted by Crippen LogP contribution is -2.21. The van der Waals surface area contributed by atoms with Crippen molar-refractivity contribution < 1.29 is 23.5 Å². The van der Waals surface area contributed by atoms with Crippen LogP contribution in [0.1, 0.15) is 48.9 Å². The predicted octanol–water partition coefficient (Wildman–Crippen LogP) is 7.41. The first-order chi connectivity index (χ1) is 22.1. The van der Waals surface area contributed by atoms with Gasteiger partial charge in [-0.3, -0.25) is 14.9 Å². The first-order valence-corrected chi connectivity index (χ1v) is 14.7. The summed E-state index contributed by atoms with van der Waals surface area (Å²) in [6.07, 6.45) is 1.33. The van der Waals surface area contributed by atoms with E-state index in [-0.39, 0.29) is 41.8 Å². The molecule has 11 heteroatoms. The molecule has 0 amide bonds. The number of nitro benzene ring substituents is 1. The molecule has 0 fully saturated rings. The van der Waals surface area contributed by atoms with Crippen LogP contribution < -0.4 is 19.8 Å². The van der Waals surface area contributed by atoms with Gasteiger partial charge in [-0.15, -0.1) is 0 Å². The Balaban J connectivity index is 1.65. The molecule has 236 valence electrons. The summed E-state index contributed by atoms with van der Waals surface area (Å²) in [5, 5.41) is 17.0. The number of nitrogens with zero attached hydrogens (tertiary/aromatic N) is 4. The van der Waals surface area contributed by atoms with E-state index < -0.39 is 22.0 Å². The number of ether oxygens (including phenoxy) is 3. The lowest BCUT2D eigenvalue weighted by molar-refractivity contribution is -0.386. The van der Waals surface area contributed by atoms with Gasteiger partial charge in [-0.25, -0.2) is 9.37 Å². The lowest BCUT2D eigenvalue weighted by atomic mass is 9.96. The van der Waals surface area contributed by atoms with Crippen molar-refractivity contribution in [3.63, 3.8) is 0 Å². The van der Waals surface area contributed by atoms with Crippen LogP contribution >= 0.6 is 0 Å². The van der Waals surface area contributed by atoms with Crippen molar-refractivity contribution in [3.05, 3.63) is 121 Å². The van der Waals surface area contributed by atoms with Gasteiger partial charge in [-0.2, -0.15) is 9.78 Å². The van der Waals surface area contributed by atoms with Gasteiger partial charge in [0.15, 0.2) is 11.6 Å². The van der Waals surface area contributed by atoms with Gasteiger partial charge in [-0.05, 0) is 67.3 Å². The summed E-state index contributed by atoms with van der Waals surface area (Å²) in [6.45, 7) is 7.64. The van der Waals surface area contributed by atoms with E-state index in [4.69, 9.17) is 19.2 Å². The second-order valence-corrected chi connectivity index (χ2v) is 10.8. The van der Waals surface area contributed by atoms with Crippen LogP contribution in [0, 0.1) is 22.9 Å². The Morgan fingerprint density at radius 1 is 1.04 bits per heavy atom. The zero-order valence-electron chi connectivity index (χ0n) is 26.1. The van der Waals surface area contributed by atoms with E-state index in [0.29, 0.717) is 22.3 Å². The Morgan fingerprint density at radius 3 is 2.48 bits per heavy atom. The fourth-order valence-electron chi connectivity index (χ4n) is 5.09. The van der Waals surface area contributed by atoms with E-state index in [2.05, 4.69) is 5.10 Å². The molecule has 0 saturated carbocycles. The maximum absolute atomic E-state index is 14.2. The number of benzene rings is 4. The van der Waals surface area contributed by atoms with Gasteiger partial charge in [0.05, 0.1) is 35.8 Å². The van der Waals surface area contributed by atoms with E-state index in [1.807, 2.05) is 32.9 Å². The summed E-state index contributed by atoms with van der Waals surface area (Å²) < 4.78 is 32.5. The van der Waals surface area contributed by atoms with Crippen LogP contribution in [0.15, 0.2) is 82.7 Å². The van der Waals surface area contributed by atoms with Gasteiger partial charge < -0.3 is 14.2 Å². The van der Waals surface area contributed by atoms with Crippen LogP contribution in [0.3, 0.4) is 0 Å². The van der Waals surface area contributed by atoms with Crippen LogP contribution in [0.25, 0.3) is 22.3 Å². The van der Waals surface area contributed by atoms with E-state index in [1.54, 1.807) is 50.4 Å². The summed E-state index contributed by atoms with van der Waals surface area (Å²) in [5.74, 6) is 0.576. The van der Waals surface area contributed by atoms with Gasteiger partial charge in [0.25, 0.3) is 5.56 Å². The third-order valence-electron chi connectivity index (χ3n) is 7.40. The highest BCUT2D eigenvalue weighted by molar-refractivity contribution is 5.84. The summed E-state index contributed by atoms with van der Waals surface area (Å²) in [7, 11) is 1.61. The summed E-state index contributed by atoms with van der Waals surface area (Å²) in [4.78, 5) is 30.2. The van der Waals surface area contributed by atoms with Gasteiger partial charge in [-0.1, -0.05) is 44.2 Å². The molecule has 0 bridgehead atoms. The molecular weight excluding hydrogens is 591 g/mol. The Morgan fingerprint density at radius 2 is 1.78 bits per heavy atom. The molecule has 1 aromatic heterocycles. The summed E-state index contributed by atoms with van der Waals surface area (Å²) in [5.41, 5.74) is 2.62. The van der Waals surface area contributed by atoms with Crippen molar-refractivity contribution >= 4 is 22.8 Å². The molecule has 4 aromatic carbocycles. The Labute approximate surface area is 264 Å².